The Morgan fingerprint density at radius 3 is 2.40 bits per heavy atom. The van der Waals surface area contributed by atoms with Crippen molar-refractivity contribution in [3.8, 4) is 0 Å². The Bertz CT molecular complexity index is 257. The molecular formula is C10H19N3O2. The summed E-state index contributed by atoms with van der Waals surface area (Å²) in [4.78, 5) is 11.4. The Morgan fingerprint density at radius 2 is 2.00 bits per heavy atom. The molecule has 0 atom stereocenters. The zero-order chi connectivity index (χ0) is 11.5. The summed E-state index contributed by atoms with van der Waals surface area (Å²) in [7, 11) is 0. The molecule has 1 amide bonds. The van der Waals surface area contributed by atoms with Crippen molar-refractivity contribution >= 4 is 11.9 Å². The molecule has 1 aliphatic carbocycles. The number of carbonyl (C=O) groups is 1. The third-order valence-corrected chi connectivity index (χ3v) is 2.66. The smallest absolute Gasteiger partial charge is 0.408 e. The molecule has 5 nitrogen and oxygen atoms in total. The maximum atomic E-state index is 11.4. The van der Waals surface area contributed by atoms with Gasteiger partial charge in [-0.25, -0.2) is 4.79 Å². The van der Waals surface area contributed by atoms with Gasteiger partial charge in [-0.3, -0.25) is 5.41 Å². The molecule has 1 saturated carbocycles. The number of rotatable bonds is 3. The SMILES string of the molecule is CC(C)OC(=O)NC1(C(=N)N)CCCC1. The Morgan fingerprint density at radius 1 is 1.47 bits per heavy atom. The zero-order valence-corrected chi connectivity index (χ0v) is 9.30. The van der Waals surface area contributed by atoms with Gasteiger partial charge < -0.3 is 15.8 Å². The third-order valence-electron chi connectivity index (χ3n) is 2.66. The molecular weight excluding hydrogens is 194 g/mol. The van der Waals surface area contributed by atoms with E-state index in [9.17, 15) is 4.79 Å². The number of ether oxygens (including phenoxy) is 1. The van der Waals surface area contributed by atoms with Crippen LogP contribution in [0.1, 0.15) is 39.5 Å². The van der Waals surface area contributed by atoms with Crippen molar-refractivity contribution in [3.05, 3.63) is 0 Å². The van der Waals surface area contributed by atoms with E-state index in [0.29, 0.717) is 0 Å². The average Bonchev–Trinajstić information content (AvgIpc) is 2.52. The summed E-state index contributed by atoms with van der Waals surface area (Å²) in [6, 6.07) is 0. The highest BCUT2D eigenvalue weighted by Gasteiger charge is 2.39. The van der Waals surface area contributed by atoms with E-state index in [4.69, 9.17) is 15.9 Å². The molecule has 0 bridgehead atoms. The fraction of sp³-hybridized carbons (Fsp3) is 0.800. The molecule has 0 unspecified atom stereocenters. The molecule has 0 heterocycles. The minimum Gasteiger partial charge on any atom is -0.447 e. The van der Waals surface area contributed by atoms with Crippen LogP contribution < -0.4 is 11.1 Å². The lowest BCUT2D eigenvalue weighted by Gasteiger charge is -2.28. The number of nitrogens with one attached hydrogen (secondary N) is 2. The highest BCUT2D eigenvalue weighted by molar-refractivity contribution is 5.91. The van der Waals surface area contributed by atoms with Crippen molar-refractivity contribution in [2.75, 3.05) is 0 Å². The first-order valence-corrected chi connectivity index (χ1v) is 5.29. The molecule has 4 N–H and O–H groups in total. The summed E-state index contributed by atoms with van der Waals surface area (Å²) in [5.41, 5.74) is 4.86. The number of nitrogens with two attached hydrogens (primary N) is 1. The molecule has 0 saturated heterocycles. The van der Waals surface area contributed by atoms with Gasteiger partial charge >= 0.3 is 6.09 Å². The van der Waals surface area contributed by atoms with Gasteiger partial charge in [0.1, 0.15) is 5.84 Å². The van der Waals surface area contributed by atoms with E-state index in [0.717, 1.165) is 25.7 Å². The molecule has 1 fully saturated rings. The highest BCUT2D eigenvalue weighted by atomic mass is 16.6. The maximum absolute atomic E-state index is 11.4. The second-order valence-electron chi connectivity index (χ2n) is 4.28. The van der Waals surface area contributed by atoms with Crippen LogP contribution in [0, 0.1) is 5.41 Å². The maximum Gasteiger partial charge on any atom is 0.408 e. The van der Waals surface area contributed by atoms with E-state index in [1.165, 1.54) is 0 Å². The molecule has 86 valence electrons. The lowest BCUT2D eigenvalue weighted by atomic mass is 9.96. The molecule has 0 aliphatic heterocycles. The van der Waals surface area contributed by atoms with Crippen molar-refractivity contribution in [2.45, 2.75) is 51.2 Å². The van der Waals surface area contributed by atoms with E-state index in [2.05, 4.69) is 5.32 Å². The van der Waals surface area contributed by atoms with Crippen molar-refractivity contribution in [1.82, 2.24) is 5.32 Å². The number of amidine groups is 1. The average molecular weight is 213 g/mol. The van der Waals surface area contributed by atoms with Crippen molar-refractivity contribution in [3.63, 3.8) is 0 Å². The fourth-order valence-corrected chi connectivity index (χ4v) is 1.88. The van der Waals surface area contributed by atoms with Gasteiger partial charge in [-0.1, -0.05) is 12.8 Å². The highest BCUT2D eigenvalue weighted by Crippen LogP contribution is 2.29. The molecule has 1 rings (SSSR count). The quantitative estimate of drug-likeness (QED) is 0.488. The van der Waals surface area contributed by atoms with Crippen LogP contribution in [0.15, 0.2) is 0 Å². The predicted molar refractivity (Wildman–Crippen MR) is 57.9 cm³/mol. The predicted octanol–water partition coefficient (Wildman–Crippen LogP) is 1.37. The van der Waals surface area contributed by atoms with Crippen molar-refractivity contribution in [1.29, 1.82) is 5.41 Å². The molecule has 0 spiro atoms. The summed E-state index contributed by atoms with van der Waals surface area (Å²) in [5, 5.41) is 10.2. The van der Waals surface area contributed by atoms with E-state index in [1.807, 2.05) is 0 Å². The zero-order valence-electron chi connectivity index (χ0n) is 9.30. The van der Waals surface area contributed by atoms with Crippen molar-refractivity contribution in [2.24, 2.45) is 5.73 Å². The molecule has 0 aromatic carbocycles. The summed E-state index contributed by atoms with van der Waals surface area (Å²) in [6.07, 6.45) is 2.80. The summed E-state index contributed by atoms with van der Waals surface area (Å²) in [6.45, 7) is 3.57. The number of alkyl carbamates (subject to hydrolysis) is 1. The first-order chi connectivity index (χ1) is 6.96. The second-order valence-corrected chi connectivity index (χ2v) is 4.28. The van der Waals surface area contributed by atoms with Gasteiger partial charge in [0.15, 0.2) is 0 Å². The van der Waals surface area contributed by atoms with Gasteiger partial charge in [-0.05, 0) is 26.7 Å². The minimum absolute atomic E-state index is 0.0284. The molecule has 0 radical (unpaired) electrons. The van der Waals surface area contributed by atoms with Gasteiger partial charge in [-0.2, -0.15) is 0 Å². The van der Waals surface area contributed by atoms with E-state index < -0.39 is 11.6 Å². The second kappa shape index (κ2) is 4.51. The van der Waals surface area contributed by atoms with E-state index >= 15 is 0 Å². The van der Waals surface area contributed by atoms with Crippen LogP contribution in [0.25, 0.3) is 0 Å². The van der Waals surface area contributed by atoms with Crippen LogP contribution in [-0.4, -0.2) is 23.6 Å². The first kappa shape index (κ1) is 11.8. The molecule has 1 aliphatic rings. The van der Waals surface area contributed by atoms with Crippen molar-refractivity contribution < 1.29 is 9.53 Å². The van der Waals surface area contributed by atoms with Crippen LogP contribution in [0.5, 0.6) is 0 Å². The Hall–Kier alpha value is -1.26. The van der Waals surface area contributed by atoms with Gasteiger partial charge in [0.05, 0.1) is 11.6 Å². The number of amides is 1. The molecule has 0 aromatic rings. The van der Waals surface area contributed by atoms with Crippen LogP contribution >= 0.6 is 0 Å². The standard InChI is InChI=1S/C10H19N3O2/c1-7(2)15-9(14)13-10(8(11)12)5-3-4-6-10/h7H,3-6H2,1-2H3,(H3,11,12)(H,13,14). The van der Waals surface area contributed by atoms with E-state index in [-0.39, 0.29) is 11.9 Å². The number of hydrogen-bond donors (Lipinski definition) is 3. The summed E-state index contributed by atoms with van der Waals surface area (Å²) < 4.78 is 4.99. The fourth-order valence-electron chi connectivity index (χ4n) is 1.88. The Labute approximate surface area is 89.9 Å². The normalized spacial score (nSPS) is 18.9. The monoisotopic (exact) mass is 213 g/mol. The lowest BCUT2D eigenvalue weighted by Crippen LogP contribution is -2.55. The van der Waals surface area contributed by atoms with Gasteiger partial charge in [-0.15, -0.1) is 0 Å². The largest absolute Gasteiger partial charge is 0.447 e. The van der Waals surface area contributed by atoms with Crippen LogP contribution in [0.3, 0.4) is 0 Å². The van der Waals surface area contributed by atoms with Gasteiger partial charge in [0.2, 0.25) is 0 Å². The van der Waals surface area contributed by atoms with Gasteiger partial charge in [0, 0.05) is 0 Å². The van der Waals surface area contributed by atoms with Gasteiger partial charge in [0.25, 0.3) is 0 Å². The number of carbonyl (C=O) groups excluding carboxylic acids is 1. The topological polar surface area (TPSA) is 88.2 Å². The van der Waals surface area contributed by atoms with Crippen LogP contribution in [0.4, 0.5) is 4.79 Å². The van der Waals surface area contributed by atoms with Crippen LogP contribution in [0.2, 0.25) is 0 Å². The van der Waals surface area contributed by atoms with Crippen LogP contribution in [-0.2, 0) is 4.74 Å². The minimum atomic E-state index is -0.661. The molecule has 0 aromatic heterocycles. The Kier molecular flexibility index (Phi) is 3.55. The summed E-state index contributed by atoms with van der Waals surface area (Å²) in [5.74, 6) is 0.0284. The van der Waals surface area contributed by atoms with E-state index in [1.54, 1.807) is 13.8 Å². The summed E-state index contributed by atoms with van der Waals surface area (Å²) >= 11 is 0. The Balaban J connectivity index is 2.59. The molecule has 15 heavy (non-hydrogen) atoms. The third kappa shape index (κ3) is 2.84. The lowest BCUT2D eigenvalue weighted by molar-refractivity contribution is 0.109. The molecule has 5 heteroatoms. The number of hydrogen-bond acceptors (Lipinski definition) is 3. The first-order valence-electron chi connectivity index (χ1n) is 5.29.